The van der Waals surface area contributed by atoms with Gasteiger partial charge in [-0.1, -0.05) is 6.42 Å². The highest BCUT2D eigenvalue weighted by atomic mass is 16.7. The quantitative estimate of drug-likeness (QED) is 0.911. The van der Waals surface area contributed by atoms with E-state index in [0.29, 0.717) is 23.1 Å². The van der Waals surface area contributed by atoms with Gasteiger partial charge in [0.25, 0.3) is 5.91 Å². The molecule has 1 amide bonds. The van der Waals surface area contributed by atoms with Gasteiger partial charge in [-0.15, -0.1) is 0 Å². The van der Waals surface area contributed by atoms with Crippen LogP contribution in [0.3, 0.4) is 0 Å². The lowest BCUT2D eigenvalue weighted by atomic mass is 10.0. The number of hydrogen-bond acceptors (Lipinski definition) is 4. The first-order valence-corrected chi connectivity index (χ1v) is 7.12. The number of hydrogen-bond donors (Lipinski definition) is 1. The van der Waals surface area contributed by atoms with Gasteiger partial charge in [0.1, 0.15) is 0 Å². The fourth-order valence-corrected chi connectivity index (χ4v) is 2.74. The van der Waals surface area contributed by atoms with E-state index in [-0.39, 0.29) is 12.7 Å². The molecule has 0 aromatic heterocycles. The smallest absolute Gasteiger partial charge is 0.253 e. The van der Waals surface area contributed by atoms with Crippen LogP contribution < -0.4 is 14.8 Å². The van der Waals surface area contributed by atoms with Gasteiger partial charge in [0.15, 0.2) is 11.5 Å². The van der Waals surface area contributed by atoms with Crippen molar-refractivity contribution in [3.8, 4) is 11.5 Å². The normalized spacial score (nSPS) is 20.8. The zero-order chi connectivity index (χ0) is 13.9. The van der Waals surface area contributed by atoms with Crippen LogP contribution in [0.2, 0.25) is 0 Å². The number of benzene rings is 1. The number of nitrogens with zero attached hydrogens (tertiary/aromatic N) is 1. The van der Waals surface area contributed by atoms with Crippen LogP contribution in [0.25, 0.3) is 0 Å². The van der Waals surface area contributed by atoms with E-state index in [0.717, 1.165) is 19.5 Å². The molecule has 2 aliphatic rings. The van der Waals surface area contributed by atoms with Crippen molar-refractivity contribution in [1.29, 1.82) is 0 Å². The highest BCUT2D eigenvalue weighted by Gasteiger charge is 2.21. The number of likely N-dealkylation sites (N-methyl/N-ethyl adjacent to an activating group) is 1. The van der Waals surface area contributed by atoms with Gasteiger partial charge in [0.05, 0.1) is 0 Å². The monoisotopic (exact) mass is 276 g/mol. The molecule has 2 aliphatic heterocycles. The van der Waals surface area contributed by atoms with Crippen LogP contribution in [0, 0.1) is 0 Å². The topological polar surface area (TPSA) is 50.8 Å². The van der Waals surface area contributed by atoms with E-state index in [1.807, 2.05) is 7.05 Å². The molecule has 5 heteroatoms. The Morgan fingerprint density at radius 2 is 2.20 bits per heavy atom. The first kappa shape index (κ1) is 13.2. The summed E-state index contributed by atoms with van der Waals surface area (Å²) in [5, 5.41) is 3.46. The fraction of sp³-hybridized carbons (Fsp3) is 0.533. The predicted octanol–water partition coefficient (Wildman–Crippen LogP) is 1.63. The Labute approximate surface area is 118 Å². The number of rotatable bonds is 3. The van der Waals surface area contributed by atoms with Crippen molar-refractivity contribution in [2.75, 3.05) is 26.9 Å². The number of ether oxygens (including phenoxy) is 2. The third kappa shape index (κ3) is 2.72. The SMILES string of the molecule is CN(CC1CCCCN1)C(=O)c1ccc2c(c1)OCO2. The van der Waals surface area contributed by atoms with E-state index in [2.05, 4.69) is 5.32 Å². The molecular weight excluding hydrogens is 256 g/mol. The Hall–Kier alpha value is -1.75. The molecule has 0 bridgehead atoms. The maximum absolute atomic E-state index is 12.4. The van der Waals surface area contributed by atoms with Crippen LogP contribution in [0.5, 0.6) is 11.5 Å². The van der Waals surface area contributed by atoms with Gasteiger partial charge in [0, 0.05) is 25.2 Å². The molecular formula is C15H20N2O3. The second-order valence-electron chi connectivity index (χ2n) is 5.40. The fourth-order valence-electron chi connectivity index (χ4n) is 2.74. The second-order valence-corrected chi connectivity index (χ2v) is 5.40. The molecule has 1 unspecified atom stereocenters. The summed E-state index contributed by atoms with van der Waals surface area (Å²) < 4.78 is 10.6. The summed E-state index contributed by atoms with van der Waals surface area (Å²) in [4.78, 5) is 14.2. The Morgan fingerprint density at radius 3 is 3.00 bits per heavy atom. The molecule has 1 aromatic rings. The average molecular weight is 276 g/mol. The van der Waals surface area contributed by atoms with Gasteiger partial charge in [0.2, 0.25) is 6.79 Å². The summed E-state index contributed by atoms with van der Waals surface area (Å²) >= 11 is 0. The Balaban J connectivity index is 1.65. The average Bonchev–Trinajstić information content (AvgIpc) is 2.94. The number of amides is 1. The maximum atomic E-state index is 12.4. The highest BCUT2D eigenvalue weighted by Crippen LogP contribution is 2.32. The Kier molecular flexibility index (Phi) is 3.78. The lowest BCUT2D eigenvalue weighted by molar-refractivity contribution is 0.0775. The largest absolute Gasteiger partial charge is 0.454 e. The Morgan fingerprint density at radius 1 is 1.35 bits per heavy atom. The highest BCUT2D eigenvalue weighted by molar-refractivity contribution is 5.94. The molecule has 1 saturated heterocycles. The zero-order valence-corrected chi connectivity index (χ0v) is 11.7. The zero-order valence-electron chi connectivity index (χ0n) is 11.7. The van der Waals surface area contributed by atoms with Crippen LogP contribution in [0.4, 0.5) is 0 Å². The number of nitrogens with one attached hydrogen (secondary N) is 1. The van der Waals surface area contributed by atoms with Crippen molar-refractivity contribution in [1.82, 2.24) is 10.2 Å². The van der Waals surface area contributed by atoms with Gasteiger partial charge >= 0.3 is 0 Å². The van der Waals surface area contributed by atoms with Crippen LogP contribution >= 0.6 is 0 Å². The minimum atomic E-state index is 0.0238. The van der Waals surface area contributed by atoms with E-state index in [1.165, 1.54) is 12.8 Å². The summed E-state index contributed by atoms with van der Waals surface area (Å²) in [5.74, 6) is 1.38. The summed E-state index contributed by atoms with van der Waals surface area (Å²) in [6.45, 7) is 2.03. The van der Waals surface area contributed by atoms with E-state index in [4.69, 9.17) is 9.47 Å². The molecule has 5 nitrogen and oxygen atoms in total. The molecule has 0 radical (unpaired) electrons. The number of carbonyl (C=O) groups excluding carboxylic acids is 1. The molecule has 2 heterocycles. The molecule has 1 N–H and O–H groups in total. The van der Waals surface area contributed by atoms with E-state index in [9.17, 15) is 4.79 Å². The predicted molar refractivity (Wildman–Crippen MR) is 75.2 cm³/mol. The summed E-state index contributed by atoms with van der Waals surface area (Å²) in [5.41, 5.74) is 0.646. The summed E-state index contributed by atoms with van der Waals surface area (Å²) in [7, 11) is 1.85. The minimum absolute atomic E-state index is 0.0238. The lowest BCUT2D eigenvalue weighted by Crippen LogP contribution is -2.44. The third-order valence-electron chi connectivity index (χ3n) is 3.87. The minimum Gasteiger partial charge on any atom is -0.454 e. The van der Waals surface area contributed by atoms with Crippen molar-refractivity contribution >= 4 is 5.91 Å². The van der Waals surface area contributed by atoms with Crippen molar-refractivity contribution in [2.45, 2.75) is 25.3 Å². The number of piperidine rings is 1. The Bertz CT molecular complexity index is 498. The summed E-state index contributed by atoms with van der Waals surface area (Å²) in [6.07, 6.45) is 3.61. The van der Waals surface area contributed by atoms with Gasteiger partial charge in [-0.2, -0.15) is 0 Å². The molecule has 0 aliphatic carbocycles. The molecule has 3 rings (SSSR count). The second kappa shape index (κ2) is 5.71. The number of carbonyl (C=O) groups is 1. The van der Waals surface area contributed by atoms with Crippen LogP contribution in [-0.4, -0.2) is 43.8 Å². The van der Waals surface area contributed by atoms with Crippen molar-refractivity contribution in [3.63, 3.8) is 0 Å². The molecule has 0 saturated carbocycles. The third-order valence-corrected chi connectivity index (χ3v) is 3.87. The van der Waals surface area contributed by atoms with Gasteiger partial charge in [-0.3, -0.25) is 4.79 Å². The van der Waals surface area contributed by atoms with Gasteiger partial charge < -0.3 is 19.7 Å². The molecule has 1 atom stereocenters. The van der Waals surface area contributed by atoms with E-state index in [1.54, 1.807) is 23.1 Å². The van der Waals surface area contributed by atoms with E-state index >= 15 is 0 Å². The van der Waals surface area contributed by atoms with Crippen molar-refractivity contribution < 1.29 is 14.3 Å². The van der Waals surface area contributed by atoms with Crippen molar-refractivity contribution in [3.05, 3.63) is 23.8 Å². The van der Waals surface area contributed by atoms with E-state index < -0.39 is 0 Å². The summed E-state index contributed by atoms with van der Waals surface area (Å²) in [6, 6.07) is 5.75. The number of fused-ring (bicyclic) bond motifs is 1. The molecule has 1 aromatic carbocycles. The first-order valence-electron chi connectivity index (χ1n) is 7.12. The molecule has 0 spiro atoms. The van der Waals surface area contributed by atoms with Gasteiger partial charge in [-0.05, 0) is 37.6 Å². The standard InChI is InChI=1S/C15H20N2O3/c1-17(9-12-4-2-3-7-16-12)15(18)11-5-6-13-14(8-11)20-10-19-13/h5-6,8,12,16H,2-4,7,9-10H2,1H3. The van der Waals surface area contributed by atoms with Crippen molar-refractivity contribution in [2.24, 2.45) is 0 Å². The molecule has 108 valence electrons. The lowest BCUT2D eigenvalue weighted by Gasteiger charge is -2.28. The van der Waals surface area contributed by atoms with Crippen LogP contribution in [0.1, 0.15) is 29.6 Å². The maximum Gasteiger partial charge on any atom is 0.253 e. The molecule has 1 fully saturated rings. The molecule has 20 heavy (non-hydrogen) atoms. The van der Waals surface area contributed by atoms with Gasteiger partial charge in [-0.25, -0.2) is 0 Å². The first-order chi connectivity index (χ1) is 9.74. The van der Waals surface area contributed by atoms with Crippen LogP contribution in [-0.2, 0) is 0 Å². The van der Waals surface area contributed by atoms with Crippen LogP contribution in [0.15, 0.2) is 18.2 Å².